The number of nitrogens with zero attached hydrogens (tertiary/aromatic N) is 2. The molecule has 8 heteroatoms. The van der Waals surface area contributed by atoms with Gasteiger partial charge in [-0.2, -0.15) is 0 Å². The number of halogens is 1. The molecule has 3 rings (SSSR count). The van der Waals surface area contributed by atoms with Crippen molar-refractivity contribution < 1.29 is 28.2 Å². The molecule has 1 saturated heterocycles. The van der Waals surface area contributed by atoms with Crippen LogP contribution in [0, 0.1) is 11.7 Å². The molecule has 0 spiro atoms. The quantitative estimate of drug-likeness (QED) is 0.643. The molecule has 7 nitrogen and oxygen atoms in total. The first kappa shape index (κ1) is 22.6. The largest absolute Gasteiger partial charge is 0.491 e. The van der Waals surface area contributed by atoms with Gasteiger partial charge in [-0.25, -0.2) is 14.0 Å². The average Bonchev–Trinajstić information content (AvgIpc) is 3.01. The third-order valence-corrected chi connectivity index (χ3v) is 5.38. The number of allylic oxidation sites excluding steroid dienone is 2. The third kappa shape index (κ3) is 5.32. The Morgan fingerprint density at radius 3 is 2.48 bits per heavy atom. The van der Waals surface area contributed by atoms with Crippen LogP contribution in [0.1, 0.15) is 12.8 Å². The van der Waals surface area contributed by atoms with Crippen LogP contribution in [0.2, 0.25) is 0 Å². The van der Waals surface area contributed by atoms with Gasteiger partial charge in [0.1, 0.15) is 17.3 Å². The summed E-state index contributed by atoms with van der Waals surface area (Å²) in [5.74, 6) is -1.19. The molecule has 0 radical (unpaired) electrons. The Morgan fingerprint density at radius 2 is 1.81 bits per heavy atom. The topological polar surface area (TPSA) is 68.3 Å². The minimum absolute atomic E-state index is 0.00937. The van der Waals surface area contributed by atoms with Crippen LogP contribution in [0.5, 0.6) is 5.75 Å². The van der Waals surface area contributed by atoms with E-state index in [0.717, 1.165) is 25.9 Å². The molecule has 1 fully saturated rings. The second kappa shape index (κ2) is 10.3. The highest BCUT2D eigenvalue weighted by Crippen LogP contribution is 2.35. The molecule has 0 N–H and O–H groups in total. The Hall–Kier alpha value is -3.13. The van der Waals surface area contributed by atoms with Gasteiger partial charge in [0.15, 0.2) is 0 Å². The van der Waals surface area contributed by atoms with Crippen molar-refractivity contribution >= 4 is 17.6 Å². The van der Waals surface area contributed by atoms with E-state index in [9.17, 15) is 14.0 Å². The smallest absolute Gasteiger partial charge is 0.355 e. The van der Waals surface area contributed by atoms with E-state index < -0.39 is 17.8 Å². The summed E-state index contributed by atoms with van der Waals surface area (Å²) < 4.78 is 30.0. The fraction of sp³-hybridized carbons (Fsp3) is 0.391. The fourth-order valence-electron chi connectivity index (χ4n) is 3.59. The van der Waals surface area contributed by atoms with Gasteiger partial charge in [-0.3, -0.25) is 0 Å². The number of hydrogen-bond donors (Lipinski definition) is 0. The highest BCUT2D eigenvalue weighted by atomic mass is 19.1. The lowest BCUT2D eigenvalue weighted by Gasteiger charge is -2.30. The molecule has 0 unspecified atom stereocenters. The van der Waals surface area contributed by atoms with Crippen molar-refractivity contribution in [2.45, 2.75) is 12.8 Å². The summed E-state index contributed by atoms with van der Waals surface area (Å²) in [6, 6.07) is 4.09. The summed E-state index contributed by atoms with van der Waals surface area (Å²) >= 11 is 0. The highest BCUT2D eigenvalue weighted by Gasteiger charge is 2.29. The number of likely N-dealkylation sites (tertiary alicyclic amines) is 1. The molecular weight excluding hydrogens is 403 g/mol. The first-order chi connectivity index (χ1) is 14.9. The molecule has 0 amide bonds. The van der Waals surface area contributed by atoms with Gasteiger partial charge < -0.3 is 24.0 Å². The Kier molecular flexibility index (Phi) is 7.46. The van der Waals surface area contributed by atoms with Crippen LogP contribution in [0.25, 0.3) is 0 Å². The SMILES string of the molecule is COC(=O)C1=C(C(=O)OC)N(c2cc(F)ccc2OCC2CCN(C)CC2)C=CC=C1. The van der Waals surface area contributed by atoms with Crippen LogP contribution in [-0.2, 0) is 19.1 Å². The molecule has 2 aliphatic rings. The van der Waals surface area contributed by atoms with Crippen molar-refractivity contribution in [3.8, 4) is 5.75 Å². The Balaban J connectivity index is 1.98. The Morgan fingerprint density at radius 1 is 1.10 bits per heavy atom. The van der Waals surface area contributed by atoms with E-state index in [2.05, 4.69) is 11.9 Å². The number of piperidine rings is 1. The second-order valence-electron chi connectivity index (χ2n) is 7.49. The monoisotopic (exact) mass is 430 g/mol. The lowest BCUT2D eigenvalue weighted by atomic mass is 9.98. The molecule has 0 atom stereocenters. The van der Waals surface area contributed by atoms with Crippen LogP contribution >= 0.6 is 0 Å². The van der Waals surface area contributed by atoms with Crippen molar-refractivity contribution in [1.82, 2.24) is 4.90 Å². The molecule has 1 aromatic rings. The molecule has 31 heavy (non-hydrogen) atoms. The van der Waals surface area contributed by atoms with Crippen LogP contribution in [-0.4, -0.2) is 57.8 Å². The van der Waals surface area contributed by atoms with E-state index in [0.29, 0.717) is 18.3 Å². The summed E-state index contributed by atoms with van der Waals surface area (Å²) in [7, 11) is 4.53. The number of esters is 2. The summed E-state index contributed by atoms with van der Waals surface area (Å²) in [5, 5.41) is 0. The predicted octanol–water partition coefficient (Wildman–Crippen LogP) is 3.04. The van der Waals surface area contributed by atoms with Gasteiger partial charge in [-0.05, 0) is 63.2 Å². The van der Waals surface area contributed by atoms with Gasteiger partial charge in [-0.1, -0.05) is 6.08 Å². The number of hydrogen-bond acceptors (Lipinski definition) is 7. The molecular formula is C23H27FN2O5. The normalized spacial score (nSPS) is 17.5. The minimum atomic E-state index is -0.762. The maximum Gasteiger partial charge on any atom is 0.355 e. The maximum atomic E-state index is 14.2. The summed E-state index contributed by atoms with van der Waals surface area (Å²) in [4.78, 5) is 28.6. The van der Waals surface area contributed by atoms with E-state index >= 15 is 0 Å². The number of benzene rings is 1. The molecule has 0 aromatic heterocycles. The van der Waals surface area contributed by atoms with Crippen molar-refractivity contribution in [3.63, 3.8) is 0 Å². The average molecular weight is 430 g/mol. The summed E-state index contributed by atoms with van der Waals surface area (Å²) in [5.41, 5.74) is 0.189. The first-order valence-corrected chi connectivity index (χ1v) is 10.1. The van der Waals surface area contributed by atoms with E-state index in [4.69, 9.17) is 14.2 Å². The van der Waals surface area contributed by atoms with E-state index in [1.807, 2.05) is 0 Å². The fourth-order valence-corrected chi connectivity index (χ4v) is 3.59. The predicted molar refractivity (Wildman–Crippen MR) is 114 cm³/mol. The van der Waals surface area contributed by atoms with Gasteiger partial charge in [0.2, 0.25) is 0 Å². The van der Waals surface area contributed by atoms with E-state index in [-0.39, 0.29) is 17.0 Å². The highest BCUT2D eigenvalue weighted by molar-refractivity contribution is 6.05. The standard InChI is InChI=1S/C23H27FN2O5/c1-25-12-9-16(10-13-25)15-31-20-8-7-17(24)14-19(20)26-11-5-4-6-18(22(27)29-2)21(26)23(28)30-3/h4-8,11,14,16H,9-10,12-13,15H2,1-3H3. The Labute approximate surface area is 181 Å². The van der Waals surface area contributed by atoms with Gasteiger partial charge in [0.25, 0.3) is 0 Å². The van der Waals surface area contributed by atoms with Crippen molar-refractivity contribution in [2.75, 3.05) is 45.9 Å². The molecule has 1 aromatic carbocycles. The van der Waals surface area contributed by atoms with Crippen molar-refractivity contribution in [2.24, 2.45) is 5.92 Å². The van der Waals surface area contributed by atoms with Gasteiger partial charge in [0, 0.05) is 12.3 Å². The number of anilines is 1. The maximum absolute atomic E-state index is 14.2. The summed E-state index contributed by atoms with van der Waals surface area (Å²) in [6.07, 6.45) is 8.25. The number of ether oxygens (including phenoxy) is 3. The number of rotatable bonds is 6. The van der Waals surface area contributed by atoms with Crippen molar-refractivity contribution in [1.29, 1.82) is 0 Å². The van der Waals surface area contributed by atoms with E-state index in [1.165, 1.54) is 43.4 Å². The molecule has 0 aliphatic carbocycles. The zero-order chi connectivity index (χ0) is 22.4. The minimum Gasteiger partial charge on any atom is -0.491 e. The lowest BCUT2D eigenvalue weighted by Crippen LogP contribution is -2.32. The van der Waals surface area contributed by atoms with Crippen LogP contribution in [0.15, 0.2) is 53.9 Å². The second-order valence-corrected chi connectivity index (χ2v) is 7.49. The molecule has 2 aliphatic heterocycles. The first-order valence-electron chi connectivity index (χ1n) is 10.1. The van der Waals surface area contributed by atoms with Crippen LogP contribution in [0.4, 0.5) is 10.1 Å². The zero-order valence-corrected chi connectivity index (χ0v) is 18.0. The number of carbonyl (C=O) groups is 2. The lowest BCUT2D eigenvalue weighted by molar-refractivity contribution is -0.139. The molecule has 0 bridgehead atoms. The number of methoxy groups -OCH3 is 2. The number of carbonyl (C=O) groups excluding carboxylic acids is 2. The van der Waals surface area contributed by atoms with Gasteiger partial charge >= 0.3 is 11.9 Å². The Bertz CT molecular complexity index is 917. The van der Waals surface area contributed by atoms with E-state index in [1.54, 1.807) is 18.4 Å². The zero-order valence-electron chi connectivity index (χ0n) is 18.0. The van der Waals surface area contributed by atoms with Crippen LogP contribution in [0.3, 0.4) is 0 Å². The molecule has 166 valence electrons. The third-order valence-electron chi connectivity index (χ3n) is 5.38. The van der Waals surface area contributed by atoms with Gasteiger partial charge in [-0.15, -0.1) is 0 Å². The van der Waals surface area contributed by atoms with Gasteiger partial charge in [0.05, 0.1) is 32.1 Å². The molecule has 2 heterocycles. The summed E-state index contributed by atoms with van der Waals surface area (Å²) in [6.45, 7) is 2.48. The molecule has 0 saturated carbocycles. The van der Waals surface area contributed by atoms with Crippen LogP contribution < -0.4 is 9.64 Å². The van der Waals surface area contributed by atoms with Crippen molar-refractivity contribution in [3.05, 3.63) is 59.7 Å².